The summed E-state index contributed by atoms with van der Waals surface area (Å²) in [5.41, 5.74) is 0. The van der Waals surface area contributed by atoms with E-state index in [-0.39, 0.29) is 12.1 Å². The van der Waals surface area contributed by atoms with Crippen LogP contribution in [0.5, 0.6) is 0 Å². The number of esters is 1. The molecule has 0 saturated carbocycles. The van der Waals surface area contributed by atoms with Crippen LogP contribution in [-0.4, -0.2) is 23.8 Å². The molecule has 0 aromatic rings. The Balaban J connectivity index is 2.97. The summed E-state index contributed by atoms with van der Waals surface area (Å²) in [6.45, 7) is 3.63. The van der Waals surface area contributed by atoms with Crippen LogP contribution < -0.4 is 0 Å². The van der Waals surface area contributed by atoms with Gasteiger partial charge in [0.1, 0.15) is 0 Å². The zero-order valence-corrected chi connectivity index (χ0v) is 7.17. The number of ether oxygens (including phenoxy) is 1. The first kappa shape index (κ1) is 10.4. The van der Waals surface area contributed by atoms with E-state index in [0.29, 0.717) is 6.61 Å². The number of hydrogen-bond acceptors (Lipinski definition) is 3. The molecule has 66 valence electrons. The fourth-order valence-electron chi connectivity index (χ4n) is 0.758. The van der Waals surface area contributed by atoms with E-state index in [2.05, 4.69) is 0 Å². The number of carbonyl (C=O) groups excluding carboxylic acids is 1. The Hall–Kier alpha value is -0.570. The fraction of sp³-hybridized carbons (Fsp3) is 0.875. The van der Waals surface area contributed by atoms with E-state index < -0.39 is 0 Å². The topological polar surface area (TPSA) is 46.5 Å². The Morgan fingerprint density at radius 1 is 1.55 bits per heavy atom. The molecule has 0 aliphatic heterocycles. The second-order valence-corrected chi connectivity index (χ2v) is 2.68. The van der Waals surface area contributed by atoms with Gasteiger partial charge in [0.05, 0.1) is 12.7 Å². The van der Waals surface area contributed by atoms with Gasteiger partial charge in [0.15, 0.2) is 0 Å². The highest BCUT2D eigenvalue weighted by molar-refractivity contribution is 5.65. The first-order chi connectivity index (χ1) is 5.13. The molecule has 0 fully saturated rings. The molecule has 3 heteroatoms. The Morgan fingerprint density at radius 3 is 2.64 bits per heavy atom. The van der Waals surface area contributed by atoms with E-state index in [1.54, 1.807) is 6.92 Å². The second kappa shape index (κ2) is 6.16. The van der Waals surface area contributed by atoms with Gasteiger partial charge in [0, 0.05) is 6.92 Å². The Bertz CT molecular complexity index is 110. The summed E-state index contributed by atoms with van der Waals surface area (Å²) in [7, 11) is 0. The molecule has 0 saturated heterocycles. The first-order valence-electron chi connectivity index (χ1n) is 3.94. The van der Waals surface area contributed by atoms with E-state index >= 15 is 0 Å². The minimum atomic E-state index is -0.243. The van der Waals surface area contributed by atoms with Crippen LogP contribution in [0.25, 0.3) is 0 Å². The number of aliphatic hydroxyl groups is 1. The summed E-state index contributed by atoms with van der Waals surface area (Å²) in [5, 5.41) is 8.85. The smallest absolute Gasteiger partial charge is 0.302 e. The highest BCUT2D eigenvalue weighted by Gasteiger charge is 1.96. The summed E-state index contributed by atoms with van der Waals surface area (Å²) < 4.78 is 4.70. The SMILES string of the molecule is CC(=O)OCCCC[C@@H](C)O. The lowest BCUT2D eigenvalue weighted by atomic mass is 10.2. The number of unbranched alkanes of at least 4 members (excludes halogenated alkanes) is 1. The summed E-state index contributed by atoms with van der Waals surface area (Å²) >= 11 is 0. The monoisotopic (exact) mass is 160 g/mol. The van der Waals surface area contributed by atoms with Crippen molar-refractivity contribution in [3.8, 4) is 0 Å². The Labute approximate surface area is 67.4 Å². The van der Waals surface area contributed by atoms with Crippen LogP contribution in [-0.2, 0) is 9.53 Å². The predicted molar refractivity (Wildman–Crippen MR) is 42.2 cm³/mol. The van der Waals surface area contributed by atoms with Crippen LogP contribution >= 0.6 is 0 Å². The molecule has 11 heavy (non-hydrogen) atoms. The van der Waals surface area contributed by atoms with Crippen molar-refractivity contribution in [2.75, 3.05) is 6.61 Å². The summed E-state index contributed by atoms with van der Waals surface area (Å²) in [5.74, 6) is -0.234. The van der Waals surface area contributed by atoms with Gasteiger partial charge in [-0.25, -0.2) is 0 Å². The van der Waals surface area contributed by atoms with Gasteiger partial charge in [0.2, 0.25) is 0 Å². The van der Waals surface area contributed by atoms with Crippen LogP contribution in [0, 0.1) is 0 Å². The number of hydrogen-bond donors (Lipinski definition) is 1. The van der Waals surface area contributed by atoms with Crippen LogP contribution in [0.15, 0.2) is 0 Å². The molecule has 3 nitrogen and oxygen atoms in total. The van der Waals surface area contributed by atoms with Crippen molar-refractivity contribution in [2.24, 2.45) is 0 Å². The van der Waals surface area contributed by atoms with E-state index in [0.717, 1.165) is 19.3 Å². The number of aliphatic hydroxyl groups excluding tert-OH is 1. The largest absolute Gasteiger partial charge is 0.466 e. The van der Waals surface area contributed by atoms with Gasteiger partial charge in [-0.2, -0.15) is 0 Å². The Morgan fingerprint density at radius 2 is 2.18 bits per heavy atom. The average Bonchev–Trinajstić information content (AvgIpc) is 1.85. The lowest BCUT2D eigenvalue weighted by Crippen LogP contribution is -2.03. The van der Waals surface area contributed by atoms with Gasteiger partial charge in [-0.3, -0.25) is 4.79 Å². The molecule has 0 radical (unpaired) electrons. The van der Waals surface area contributed by atoms with Crippen LogP contribution in [0.1, 0.15) is 33.1 Å². The zero-order valence-electron chi connectivity index (χ0n) is 7.17. The molecule has 0 amide bonds. The van der Waals surface area contributed by atoms with E-state index in [1.165, 1.54) is 6.92 Å². The third kappa shape index (κ3) is 9.43. The van der Waals surface area contributed by atoms with Gasteiger partial charge < -0.3 is 9.84 Å². The van der Waals surface area contributed by atoms with Gasteiger partial charge in [-0.15, -0.1) is 0 Å². The molecule has 0 bridgehead atoms. The van der Waals surface area contributed by atoms with Crippen molar-refractivity contribution in [1.29, 1.82) is 0 Å². The van der Waals surface area contributed by atoms with E-state index in [9.17, 15) is 4.79 Å². The third-order valence-corrected chi connectivity index (χ3v) is 1.32. The normalized spacial score (nSPS) is 12.6. The maximum Gasteiger partial charge on any atom is 0.302 e. The van der Waals surface area contributed by atoms with Crippen LogP contribution in [0.3, 0.4) is 0 Å². The molecule has 0 aliphatic rings. The first-order valence-corrected chi connectivity index (χ1v) is 3.94. The highest BCUT2D eigenvalue weighted by Crippen LogP contribution is 1.99. The molecule has 1 atom stereocenters. The summed E-state index contributed by atoms with van der Waals surface area (Å²) in [4.78, 5) is 10.3. The van der Waals surface area contributed by atoms with Gasteiger partial charge in [0.25, 0.3) is 0 Å². The molecule has 0 aromatic heterocycles. The van der Waals surface area contributed by atoms with Crippen LogP contribution in [0.2, 0.25) is 0 Å². The minimum Gasteiger partial charge on any atom is -0.466 e. The van der Waals surface area contributed by atoms with Crippen molar-refractivity contribution in [1.82, 2.24) is 0 Å². The number of rotatable bonds is 5. The fourth-order valence-corrected chi connectivity index (χ4v) is 0.758. The lowest BCUT2D eigenvalue weighted by molar-refractivity contribution is -0.141. The summed E-state index contributed by atoms with van der Waals surface area (Å²) in [6.07, 6.45) is 2.28. The molecule has 0 unspecified atom stereocenters. The number of carbonyl (C=O) groups is 1. The van der Waals surface area contributed by atoms with Gasteiger partial charge in [-0.05, 0) is 26.2 Å². The predicted octanol–water partition coefficient (Wildman–Crippen LogP) is 1.10. The molecule has 0 rings (SSSR count). The summed E-state index contributed by atoms with van der Waals surface area (Å²) in [6, 6.07) is 0. The molecule has 0 heterocycles. The van der Waals surface area contributed by atoms with Crippen molar-refractivity contribution in [3.63, 3.8) is 0 Å². The molecule has 1 N–H and O–H groups in total. The minimum absolute atomic E-state index is 0.234. The quantitative estimate of drug-likeness (QED) is 0.484. The Kier molecular flexibility index (Phi) is 5.84. The molecular formula is C8H16O3. The van der Waals surface area contributed by atoms with Crippen molar-refractivity contribution >= 4 is 5.97 Å². The maximum absolute atomic E-state index is 10.3. The maximum atomic E-state index is 10.3. The van der Waals surface area contributed by atoms with Crippen molar-refractivity contribution in [2.45, 2.75) is 39.2 Å². The molecule has 0 aromatic carbocycles. The van der Waals surface area contributed by atoms with Gasteiger partial charge in [-0.1, -0.05) is 0 Å². The van der Waals surface area contributed by atoms with Crippen molar-refractivity contribution in [3.05, 3.63) is 0 Å². The second-order valence-electron chi connectivity index (χ2n) is 2.68. The van der Waals surface area contributed by atoms with Gasteiger partial charge >= 0.3 is 5.97 Å². The van der Waals surface area contributed by atoms with E-state index in [1.807, 2.05) is 0 Å². The van der Waals surface area contributed by atoms with Crippen molar-refractivity contribution < 1.29 is 14.6 Å². The lowest BCUT2D eigenvalue weighted by Gasteiger charge is -2.03. The standard InChI is InChI=1S/C8H16O3/c1-7(9)5-3-4-6-11-8(2)10/h7,9H,3-6H2,1-2H3/t7-/m1/s1. The highest BCUT2D eigenvalue weighted by atomic mass is 16.5. The molecule has 0 spiro atoms. The molecular weight excluding hydrogens is 144 g/mol. The van der Waals surface area contributed by atoms with E-state index in [4.69, 9.17) is 9.84 Å². The average molecular weight is 160 g/mol. The zero-order chi connectivity index (χ0) is 8.69. The molecule has 0 aliphatic carbocycles. The third-order valence-electron chi connectivity index (χ3n) is 1.32. The van der Waals surface area contributed by atoms with Crippen LogP contribution in [0.4, 0.5) is 0 Å².